The number of fused-ring (bicyclic) bond motifs is 2. The maximum atomic E-state index is 13.0. The molecule has 3 N–H and O–H groups in total. The van der Waals surface area contributed by atoms with Crippen molar-refractivity contribution in [2.75, 3.05) is 5.73 Å². The van der Waals surface area contributed by atoms with E-state index in [0.29, 0.717) is 22.5 Å². The average molecular weight is 485 g/mol. The van der Waals surface area contributed by atoms with Gasteiger partial charge >= 0.3 is 0 Å². The molecule has 0 bridgehead atoms. The molecule has 0 aliphatic rings. The Morgan fingerprint density at radius 3 is 2.43 bits per heavy atom. The molecule has 0 fully saturated rings. The molecule has 2 aromatic carbocycles. The Kier molecular flexibility index (Phi) is 4.92. The Balaban J connectivity index is 2.02. The van der Waals surface area contributed by atoms with Crippen LogP contribution in [0, 0.1) is 3.57 Å². The second-order valence-electron chi connectivity index (χ2n) is 6.74. The van der Waals surface area contributed by atoms with Gasteiger partial charge in [0, 0.05) is 15.3 Å². The van der Waals surface area contributed by atoms with Crippen molar-refractivity contribution >= 4 is 56.5 Å². The van der Waals surface area contributed by atoms with Crippen LogP contribution in [0.5, 0.6) is 0 Å². The zero-order valence-corrected chi connectivity index (χ0v) is 17.8. The summed E-state index contributed by atoms with van der Waals surface area (Å²) in [5, 5.41) is 3.00. The van der Waals surface area contributed by atoms with Crippen LogP contribution in [0.25, 0.3) is 27.9 Å². The third-order valence-corrected chi connectivity index (χ3v) is 5.52. The Morgan fingerprint density at radius 2 is 1.79 bits per heavy atom. The van der Waals surface area contributed by atoms with E-state index in [4.69, 9.17) is 15.7 Å². The number of aromatic nitrogens is 3. The first-order valence-corrected chi connectivity index (χ1v) is 10.2. The summed E-state index contributed by atoms with van der Waals surface area (Å²) in [4.78, 5) is 22.5. The molecule has 4 aromatic rings. The summed E-state index contributed by atoms with van der Waals surface area (Å²) in [6.07, 6.45) is 0.829. The van der Waals surface area contributed by atoms with Crippen molar-refractivity contribution in [3.05, 3.63) is 57.7 Å². The standard InChI is InChI=1S/C21H20IN5O/c1-3-12(2)24-21(28)17-18-20(26-16-7-5-4-6-15(16)25-18)27(19(17)23)14-10-8-13(22)9-11-14/h4-12H,3,23H2,1-2H3,(H,24,28)/t12-/m1/s1. The van der Waals surface area contributed by atoms with Gasteiger partial charge in [0.15, 0.2) is 5.65 Å². The first-order chi connectivity index (χ1) is 13.5. The van der Waals surface area contributed by atoms with E-state index in [2.05, 4.69) is 27.9 Å². The van der Waals surface area contributed by atoms with Crippen molar-refractivity contribution in [2.24, 2.45) is 0 Å². The number of anilines is 1. The number of rotatable bonds is 4. The van der Waals surface area contributed by atoms with Crippen molar-refractivity contribution in [3.63, 3.8) is 0 Å². The topological polar surface area (TPSA) is 85.8 Å². The maximum absolute atomic E-state index is 13.0. The van der Waals surface area contributed by atoms with Crippen molar-refractivity contribution in [2.45, 2.75) is 26.3 Å². The molecule has 1 atom stereocenters. The van der Waals surface area contributed by atoms with Crippen LogP contribution in [-0.2, 0) is 0 Å². The molecule has 0 radical (unpaired) electrons. The molecule has 6 nitrogen and oxygen atoms in total. The Labute approximate surface area is 176 Å². The van der Waals surface area contributed by atoms with Crippen LogP contribution in [-0.4, -0.2) is 26.5 Å². The largest absolute Gasteiger partial charge is 0.384 e. The number of carbonyl (C=O) groups excluding carboxylic acids is 1. The summed E-state index contributed by atoms with van der Waals surface area (Å²) in [5.74, 6) is 0.109. The molecule has 0 saturated carbocycles. The van der Waals surface area contributed by atoms with Crippen LogP contribution in [0.15, 0.2) is 48.5 Å². The molecule has 4 rings (SSSR count). The van der Waals surface area contributed by atoms with Crippen LogP contribution in [0.2, 0.25) is 0 Å². The number of halogens is 1. The van der Waals surface area contributed by atoms with E-state index in [0.717, 1.165) is 26.7 Å². The molecule has 0 spiro atoms. The van der Waals surface area contributed by atoms with Gasteiger partial charge in [0.05, 0.1) is 11.0 Å². The Morgan fingerprint density at radius 1 is 1.14 bits per heavy atom. The van der Waals surface area contributed by atoms with Gasteiger partial charge in [0.1, 0.15) is 16.9 Å². The van der Waals surface area contributed by atoms with Gasteiger partial charge < -0.3 is 11.1 Å². The number of para-hydroxylation sites is 2. The molecule has 1 amide bonds. The van der Waals surface area contributed by atoms with Crippen LogP contribution in [0.1, 0.15) is 30.6 Å². The van der Waals surface area contributed by atoms with Gasteiger partial charge in [-0.1, -0.05) is 19.1 Å². The van der Waals surface area contributed by atoms with E-state index in [-0.39, 0.29) is 11.9 Å². The Hall–Kier alpha value is -2.68. The zero-order chi connectivity index (χ0) is 19.8. The third-order valence-electron chi connectivity index (χ3n) is 4.80. The van der Waals surface area contributed by atoms with Crippen LogP contribution < -0.4 is 11.1 Å². The van der Waals surface area contributed by atoms with Crippen LogP contribution in [0.3, 0.4) is 0 Å². The van der Waals surface area contributed by atoms with Crippen LogP contribution in [0.4, 0.5) is 5.82 Å². The Bertz CT molecular complexity index is 1180. The lowest BCUT2D eigenvalue weighted by molar-refractivity contribution is 0.0941. The fourth-order valence-electron chi connectivity index (χ4n) is 3.13. The smallest absolute Gasteiger partial charge is 0.257 e. The highest BCUT2D eigenvalue weighted by atomic mass is 127. The number of hydrogen-bond donors (Lipinski definition) is 2. The van der Waals surface area contributed by atoms with E-state index in [1.807, 2.05) is 62.4 Å². The summed E-state index contributed by atoms with van der Waals surface area (Å²) in [6.45, 7) is 3.99. The van der Waals surface area contributed by atoms with Crippen molar-refractivity contribution < 1.29 is 4.79 Å². The third kappa shape index (κ3) is 3.19. The fraction of sp³-hybridized carbons (Fsp3) is 0.190. The number of nitrogens with zero attached hydrogens (tertiary/aromatic N) is 3. The summed E-state index contributed by atoms with van der Waals surface area (Å²) in [6, 6.07) is 15.6. The lowest BCUT2D eigenvalue weighted by Crippen LogP contribution is -2.32. The minimum Gasteiger partial charge on any atom is -0.384 e. The summed E-state index contributed by atoms with van der Waals surface area (Å²) in [7, 11) is 0. The normalized spacial score (nSPS) is 12.4. The number of amides is 1. The SMILES string of the molecule is CC[C@@H](C)NC(=O)c1c(N)n(-c2ccc(I)cc2)c2nc3ccccc3nc12. The fourth-order valence-corrected chi connectivity index (χ4v) is 3.49. The zero-order valence-electron chi connectivity index (χ0n) is 15.6. The lowest BCUT2D eigenvalue weighted by atomic mass is 10.2. The van der Waals surface area contributed by atoms with E-state index >= 15 is 0 Å². The molecular formula is C21H20IN5O. The summed E-state index contributed by atoms with van der Waals surface area (Å²) >= 11 is 2.25. The number of nitrogen functional groups attached to an aromatic ring is 1. The molecule has 28 heavy (non-hydrogen) atoms. The van der Waals surface area contributed by atoms with E-state index in [9.17, 15) is 4.79 Å². The second-order valence-corrected chi connectivity index (χ2v) is 7.98. The molecule has 142 valence electrons. The second kappa shape index (κ2) is 7.38. The minimum absolute atomic E-state index is 0.0389. The lowest BCUT2D eigenvalue weighted by Gasteiger charge is -2.11. The predicted octanol–water partition coefficient (Wildman–Crippen LogP) is 4.29. The predicted molar refractivity (Wildman–Crippen MR) is 121 cm³/mol. The van der Waals surface area contributed by atoms with Gasteiger partial charge in [-0.2, -0.15) is 0 Å². The molecular weight excluding hydrogens is 465 g/mol. The number of nitrogens with one attached hydrogen (secondary N) is 1. The number of nitrogens with two attached hydrogens (primary N) is 1. The van der Waals surface area contributed by atoms with Gasteiger partial charge in [-0.05, 0) is 72.3 Å². The molecule has 2 aromatic heterocycles. The number of benzene rings is 2. The highest BCUT2D eigenvalue weighted by molar-refractivity contribution is 14.1. The van der Waals surface area contributed by atoms with Crippen molar-refractivity contribution in [1.29, 1.82) is 0 Å². The average Bonchev–Trinajstić information content (AvgIpc) is 2.97. The first-order valence-electron chi connectivity index (χ1n) is 9.13. The van der Waals surface area contributed by atoms with Crippen molar-refractivity contribution in [3.8, 4) is 5.69 Å². The van der Waals surface area contributed by atoms with Gasteiger partial charge in [-0.25, -0.2) is 9.97 Å². The van der Waals surface area contributed by atoms with E-state index in [1.165, 1.54) is 0 Å². The highest BCUT2D eigenvalue weighted by Crippen LogP contribution is 2.31. The van der Waals surface area contributed by atoms with Gasteiger partial charge in [-0.15, -0.1) is 0 Å². The number of hydrogen-bond acceptors (Lipinski definition) is 4. The minimum atomic E-state index is -0.231. The molecule has 0 saturated heterocycles. The van der Waals surface area contributed by atoms with E-state index in [1.54, 1.807) is 4.57 Å². The van der Waals surface area contributed by atoms with Gasteiger partial charge in [0.25, 0.3) is 5.91 Å². The van der Waals surface area contributed by atoms with E-state index < -0.39 is 0 Å². The van der Waals surface area contributed by atoms with Gasteiger partial charge in [0.2, 0.25) is 0 Å². The van der Waals surface area contributed by atoms with Crippen LogP contribution >= 0.6 is 22.6 Å². The molecule has 0 aliphatic heterocycles. The molecule has 7 heteroatoms. The molecule has 0 aliphatic carbocycles. The quantitative estimate of drug-likeness (QED) is 0.423. The molecule has 2 heterocycles. The molecule has 0 unspecified atom stereocenters. The van der Waals surface area contributed by atoms with Gasteiger partial charge in [-0.3, -0.25) is 9.36 Å². The monoisotopic (exact) mass is 485 g/mol. The maximum Gasteiger partial charge on any atom is 0.257 e. The number of carbonyl (C=O) groups is 1. The van der Waals surface area contributed by atoms with Crippen molar-refractivity contribution in [1.82, 2.24) is 19.9 Å². The summed E-state index contributed by atoms with van der Waals surface area (Å²) < 4.78 is 2.92. The summed E-state index contributed by atoms with van der Waals surface area (Å²) in [5.41, 5.74) is 10.3. The first kappa shape index (κ1) is 18.7. The highest BCUT2D eigenvalue weighted by Gasteiger charge is 2.25.